The molecule has 1 saturated heterocycles. The molecule has 1 aliphatic rings. The molecule has 3 rings (SSSR count). The van der Waals surface area contributed by atoms with Crippen LogP contribution in [0.3, 0.4) is 0 Å². The maximum atomic E-state index is 13.1. The van der Waals surface area contributed by atoms with Gasteiger partial charge in [-0.25, -0.2) is 0 Å². The minimum Gasteiger partial charge on any atom is -0.338 e. The summed E-state index contributed by atoms with van der Waals surface area (Å²) in [5, 5.41) is 2.88. The van der Waals surface area contributed by atoms with Crippen molar-refractivity contribution in [1.29, 1.82) is 0 Å². The van der Waals surface area contributed by atoms with Crippen LogP contribution in [0, 0.1) is 12.8 Å². The summed E-state index contributed by atoms with van der Waals surface area (Å²) in [6.45, 7) is 5.28. The SMILES string of the molecule is CCCN(CC(=O)Nc1ccccc1C)C(=O)[C@@H]1CC(=O)N(Cc2ccccc2)C1. The van der Waals surface area contributed by atoms with Gasteiger partial charge in [0.05, 0.1) is 12.5 Å². The first-order chi connectivity index (χ1) is 14.5. The number of aryl methyl sites for hydroxylation is 1. The van der Waals surface area contributed by atoms with Crippen LogP contribution < -0.4 is 5.32 Å². The average Bonchev–Trinajstić information content (AvgIpc) is 3.10. The molecule has 1 aliphatic heterocycles. The highest BCUT2D eigenvalue weighted by atomic mass is 16.2. The molecule has 158 valence electrons. The Morgan fingerprint density at radius 2 is 1.80 bits per heavy atom. The summed E-state index contributed by atoms with van der Waals surface area (Å²) in [6, 6.07) is 17.3. The lowest BCUT2D eigenvalue weighted by molar-refractivity contribution is -0.138. The van der Waals surface area contributed by atoms with Gasteiger partial charge >= 0.3 is 0 Å². The number of rotatable bonds is 8. The third kappa shape index (κ3) is 5.47. The fourth-order valence-corrected chi connectivity index (χ4v) is 3.77. The molecule has 1 N–H and O–H groups in total. The molecule has 0 saturated carbocycles. The minimum atomic E-state index is -0.404. The normalized spacial score (nSPS) is 15.9. The number of anilines is 1. The number of likely N-dealkylation sites (tertiary alicyclic amines) is 1. The molecule has 0 bridgehead atoms. The van der Waals surface area contributed by atoms with E-state index in [4.69, 9.17) is 0 Å². The molecule has 0 unspecified atom stereocenters. The average molecular weight is 408 g/mol. The predicted molar refractivity (Wildman–Crippen MR) is 117 cm³/mol. The van der Waals surface area contributed by atoms with Crippen molar-refractivity contribution < 1.29 is 14.4 Å². The van der Waals surface area contributed by atoms with E-state index in [0.29, 0.717) is 19.6 Å². The Kier molecular flexibility index (Phi) is 7.22. The van der Waals surface area contributed by atoms with Crippen molar-refractivity contribution in [3.05, 3.63) is 65.7 Å². The number of hydrogen-bond donors (Lipinski definition) is 1. The van der Waals surface area contributed by atoms with Gasteiger partial charge in [-0.2, -0.15) is 0 Å². The van der Waals surface area contributed by atoms with E-state index in [-0.39, 0.29) is 30.7 Å². The Balaban J connectivity index is 1.61. The monoisotopic (exact) mass is 407 g/mol. The quantitative estimate of drug-likeness (QED) is 0.730. The van der Waals surface area contributed by atoms with Crippen molar-refractivity contribution in [3.8, 4) is 0 Å². The van der Waals surface area contributed by atoms with Crippen LogP contribution in [0.5, 0.6) is 0 Å². The third-order valence-corrected chi connectivity index (χ3v) is 5.34. The molecule has 1 heterocycles. The zero-order valence-electron chi connectivity index (χ0n) is 17.6. The number of carbonyl (C=O) groups is 3. The van der Waals surface area contributed by atoms with Crippen molar-refractivity contribution in [1.82, 2.24) is 9.80 Å². The lowest BCUT2D eigenvalue weighted by Crippen LogP contribution is -2.42. The summed E-state index contributed by atoms with van der Waals surface area (Å²) in [5.74, 6) is -0.769. The summed E-state index contributed by atoms with van der Waals surface area (Å²) in [4.78, 5) is 41.4. The molecule has 2 aromatic carbocycles. The summed E-state index contributed by atoms with van der Waals surface area (Å²) >= 11 is 0. The summed E-state index contributed by atoms with van der Waals surface area (Å²) in [5.41, 5.74) is 2.76. The lowest BCUT2D eigenvalue weighted by Gasteiger charge is -2.25. The van der Waals surface area contributed by atoms with Crippen molar-refractivity contribution in [2.75, 3.05) is 25.0 Å². The van der Waals surface area contributed by atoms with Crippen LogP contribution in [0.2, 0.25) is 0 Å². The molecule has 0 radical (unpaired) electrons. The minimum absolute atomic E-state index is 0.00954. The van der Waals surface area contributed by atoms with Gasteiger partial charge in [0.15, 0.2) is 0 Å². The zero-order valence-corrected chi connectivity index (χ0v) is 17.6. The maximum absolute atomic E-state index is 13.1. The van der Waals surface area contributed by atoms with Crippen molar-refractivity contribution in [3.63, 3.8) is 0 Å². The van der Waals surface area contributed by atoms with Crippen LogP contribution in [0.25, 0.3) is 0 Å². The van der Waals surface area contributed by atoms with Gasteiger partial charge in [0.1, 0.15) is 0 Å². The number of amides is 3. The second-order valence-electron chi connectivity index (χ2n) is 7.78. The number of benzene rings is 2. The fraction of sp³-hybridized carbons (Fsp3) is 0.375. The van der Waals surface area contributed by atoms with E-state index in [1.807, 2.05) is 68.4 Å². The van der Waals surface area contributed by atoms with E-state index in [9.17, 15) is 14.4 Å². The van der Waals surface area contributed by atoms with Crippen LogP contribution >= 0.6 is 0 Å². The molecule has 2 aromatic rings. The van der Waals surface area contributed by atoms with E-state index in [1.54, 1.807) is 9.80 Å². The molecule has 6 heteroatoms. The molecule has 1 fully saturated rings. The van der Waals surface area contributed by atoms with Crippen LogP contribution in [-0.4, -0.2) is 47.2 Å². The smallest absolute Gasteiger partial charge is 0.244 e. The maximum Gasteiger partial charge on any atom is 0.244 e. The summed E-state index contributed by atoms with van der Waals surface area (Å²) < 4.78 is 0. The highest BCUT2D eigenvalue weighted by molar-refractivity contribution is 5.96. The molecule has 30 heavy (non-hydrogen) atoms. The van der Waals surface area contributed by atoms with E-state index in [1.165, 1.54) is 0 Å². The van der Waals surface area contributed by atoms with Crippen molar-refractivity contribution in [2.45, 2.75) is 33.2 Å². The first kappa shape index (κ1) is 21.6. The van der Waals surface area contributed by atoms with E-state index < -0.39 is 5.92 Å². The molecule has 1 atom stereocenters. The molecular weight excluding hydrogens is 378 g/mol. The van der Waals surface area contributed by atoms with Crippen molar-refractivity contribution >= 4 is 23.4 Å². The first-order valence-corrected chi connectivity index (χ1v) is 10.4. The van der Waals surface area contributed by atoms with E-state index >= 15 is 0 Å². The van der Waals surface area contributed by atoms with Gasteiger partial charge < -0.3 is 15.1 Å². The van der Waals surface area contributed by atoms with Gasteiger partial charge in [0, 0.05) is 31.7 Å². The molecule has 0 aliphatic carbocycles. The van der Waals surface area contributed by atoms with Crippen LogP contribution in [0.15, 0.2) is 54.6 Å². The Morgan fingerprint density at radius 3 is 2.50 bits per heavy atom. The lowest BCUT2D eigenvalue weighted by atomic mass is 10.1. The molecule has 6 nitrogen and oxygen atoms in total. The number of nitrogens with one attached hydrogen (secondary N) is 1. The summed E-state index contributed by atoms with van der Waals surface area (Å²) in [6.07, 6.45) is 0.947. The zero-order chi connectivity index (χ0) is 21.5. The third-order valence-electron chi connectivity index (χ3n) is 5.34. The molecular formula is C24H29N3O3. The number of para-hydroxylation sites is 1. The first-order valence-electron chi connectivity index (χ1n) is 10.4. The molecule has 3 amide bonds. The Morgan fingerprint density at radius 1 is 1.10 bits per heavy atom. The van der Waals surface area contributed by atoms with Crippen LogP contribution in [0.1, 0.15) is 30.9 Å². The Labute approximate surface area is 177 Å². The second-order valence-corrected chi connectivity index (χ2v) is 7.78. The highest BCUT2D eigenvalue weighted by Crippen LogP contribution is 2.22. The highest BCUT2D eigenvalue weighted by Gasteiger charge is 2.36. The second kappa shape index (κ2) is 10.1. The van der Waals surface area contributed by atoms with Gasteiger partial charge in [0.25, 0.3) is 0 Å². The van der Waals surface area contributed by atoms with Gasteiger partial charge in [-0.1, -0.05) is 55.5 Å². The Hall–Kier alpha value is -3.15. The predicted octanol–water partition coefficient (Wildman–Crippen LogP) is 3.22. The standard InChI is InChI=1S/C24H29N3O3/c1-3-13-26(17-22(28)25-21-12-8-7-9-18(21)2)24(30)20-14-23(29)27(16-20)15-19-10-5-4-6-11-19/h4-12,20H,3,13-17H2,1-2H3,(H,25,28)/t20-/m1/s1. The molecule has 0 aromatic heterocycles. The van der Waals surface area contributed by atoms with Crippen molar-refractivity contribution in [2.24, 2.45) is 5.92 Å². The van der Waals surface area contributed by atoms with Crippen LogP contribution in [0.4, 0.5) is 5.69 Å². The molecule has 0 spiro atoms. The topological polar surface area (TPSA) is 69.7 Å². The van der Waals surface area contributed by atoms with Gasteiger partial charge in [0.2, 0.25) is 17.7 Å². The van der Waals surface area contributed by atoms with E-state index in [2.05, 4.69) is 5.32 Å². The summed E-state index contributed by atoms with van der Waals surface area (Å²) in [7, 11) is 0. The number of nitrogens with zero attached hydrogens (tertiary/aromatic N) is 2. The number of carbonyl (C=O) groups excluding carboxylic acids is 3. The fourth-order valence-electron chi connectivity index (χ4n) is 3.77. The van der Waals surface area contributed by atoms with E-state index in [0.717, 1.165) is 23.2 Å². The van der Waals surface area contributed by atoms with Gasteiger partial charge in [-0.15, -0.1) is 0 Å². The largest absolute Gasteiger partial charge is 0.338 e. The van der Waals surface area contributed by atoms with Gasteiger partial charge in [-0.3, -0.25) is 14.4 Å². The van der Waals surface area contributed by atoms with Crippen LogP contribution in [-0.2, 0) is 20.9 Å². The number of hydrogen-bond acceptors (Lipinski definition) is 3. The Bertz CT molecular complexity index is 898. The van der Waals surface area contributed by atoms with Gasteiger partial charge in [-0.05, 0) is 30.5 Å².